The number of nitrogen functional groups attached to an aromatic ring is 1. The van der Waals surface area contributed by atoms with Gasteiger partial charge in [-0.2, -0.15) is 5.06 Å². The van der Waals surface area contributed by atoms with Crippen LogP contribution in [0.5, 0.6) is 5.75 Å². The minimum absolute atomic E-state index is 0.0490. The molecule has 3 rings (SSSR count). The number of carboxylic acids is 2. The summed E-state index contributed by atoms with van der Waals surface area (Å²) in [5.41, 5.74) is 6.66. The van der Waals surface area contributed by atoms with Crippen LogP contribution in [0.1, 0.15) is 90.6 Å². The lowest BCUT2D eigenvalue weighted by molar-refractivity contribution is -0.171. The van der Waals surface area contributed by atoms with Crippen LogP contribution in [-0.4, -0.2) is 82.7 Å². The molecule has 0 aliphatic carbocycles. The Morgan fingerprint density at radius 1 is 0.926 bits per heavy atom. The zero-order valence-corrected chi connectivity index (χ0v) is 30.2. The van der Waals surface area contributed by atoms with Gasteiger partial charge in [-0.1, -0.05) is 39.2 Å². The first-order valence-corrected chi connectivity index (χ1v) is 17.3. The summed E-state index contributed by atoms with van der Waals surface area (Å²) in [7, 11) is 0. The Kier molecular flexibility index (Phi) is 16.0. The van der Waals surface area contributed by atoms with Crippen LogP contribution in [0, 0.1) is 5.92 Å². The van der Waals surface area contributed by atoms with E-state index in [9.17, 15) is 38.7 Å². The molecule has 17 nitrogen and oxygen atoms in total. The van der Waals surface area contributed by atoms with Gasteiger partial charge in [-0.05, 0) is 68.3 Å². The van der Waals surface area contributed by atoms with Crippen LogP contribution in [0.4, 0.5) is 5.69 Å². The SMILES string of the molecule is CCCCC[C@@H](C(=O)NCNC(=O)c1ccc(-c2ccc(C(=O)N[C@@H](CC(=O)O)C(=O)O)c(OCC)c2)o1)[C@@H](CC)N(C=O)OC(=O)c1ccc(N)cc1. The molecule has 4 amide bonds. The van der Waals surface area contributed by atoms with E-state index >= 15 is 0 Å². The molecule has 0 bridgehead atoms. The summed E-state index contributed by atoms with van der Waals surface area (Å²) >= 11 is 0. The summed E-state index contributed by atoms with van der Waals surface area (Å²) in [6, 6.07) is 10.7. The van der Waals surface area contributed by atoms with Gasteiger partial charge >= 0.3 is 17.9 Å². The number of carboxylic acid groups (broad SMARTS) is 2. The number of ether oxygens (including phenoxy) is 1. The molecule has 17 heteroatoms. The van der Waals surface area contributed by atoms with Gasteiger partial charge in [-0.3, -0.25) is 24.0 Å². The highest BCUT2D eigenvalue weighted by atomic mass is 16.7. The number of unbranched alkanes of at least 4 members (excludes halogenated alkanes) is 2. The lowest BCUT2D eigenvalue weighted by Gasteiger charge is -2.31. The van der Waals surface area contributed by atoms with Crippen molar-refractivity contribution in [1.29, 1.82) is 0 Å². The van der Waals surface area contributed by atoms with Gasteiger partial charge in [0.1, 0.15) is 17.6 Å². The molecule has 3 aromatic rings. The lowest BCUT2D eigenvalue weighted by Crippen LogP contribution is -2.49. The number of hydroxylamine groups is 2. The van der Waals surface area contributed by atoms with Gasteiger partial charge < -0.3 is 45.9 Å². The Morgan fingerprint density at radius 3 is 2.26 bits per heavy atom. The number of carbonyl (C=O) groups is 7. The third-order valence-electron chi connectivity index (χ3n) is 8.24. The number of furan rings is 1. The Balaban J connectivity index is 1.69. The topological polar surface area (TPSA) is 257 Å². The van der Waals surface area contributed by atoms with Crippen molar-refractivity contribution in [3.05, 3.63) is 71.5 Å². The molecule has 0 unspecified atom stereocenters. The summed E-state index contributed by atoms with van der Waals surface area (Å²) in [5.74, 6) is -6.33. The van der Waals surface area contributed by atoms with Crippen molar-refractivity contribution in [2.24, 2.45) is 5.92 Å². The van der Waals surface area contributed by atoms with E-state index in [4.69, 9.17) is 24.8 Å². The average Bonchev–Trinajstić information content (AvgIpc) is 3.64. The minimum atomic E-state index is -1.67. The number of nitrogens with zero attached hydrogens (tertiary/aromatic N) is 1. The number of benzene rings is 2. The summed E-state index contributed by atoms with van der Waals surface area (Å²) < 4.78 is 11.3. The third kappa shape index (κ3) is 11.8. The maximum Gasteiger partial charge on any atom is 0.363 e. The third-order valence-corrected chi connectivity index (χ3v) is 8.24. The molecule has 0 radical (unpaired) electrons. The molecule has 0 spiro atoms. The van der Waals surface area contributed by atoms with Crippen molar-refractivity contribution in [1.82, 2.24) is 21.0 Å². The molecule has 2 aromatic carbocycles. The second-order valence-electron chi connectivity index (χ2n) is 12.0. The number of anilines is 1. The monoisotopic (exact) mass is 751 g/mol. The normalized spacial score (nSPS) is 12.4. The Morgan fingerprint density at radius 2 is 1.65 bits per heavy atom. The maximum atomic E-state index is 13.5. The van der Waals surface area contributed by atoms with Gasteiger partial charge in [0.2, 0.25) is 12.3 Å². The highest BCUT2D eigenvalue weighted by Gasteiger charge is 2.34. The van der Waals surface area contributed by atoms with Crippen LogP contribution < -0.4 is 26.4 Å². The highest BCUT2D eigenvalue weighted by molar-refractivity contribution is 6.00. The Labute approximate surface area is 311 Å². The number of hydrogen-bond acceptors (Lipinski definition) is 11. The number of rotatable bonds is 22. The summed E-state index contributed by atoms with van der Waals surface area (Å²) in [5, 5.41) is 26.5. The van der Waals surface area contributed by atoms with E-state index in [1.54, 1.807) is 13.8 Å². The predicted molar refractivity (Wildman–Crippen MR) is 193 cm³/mol. The van der Waals surface area contributed by atoms with Crippen molar-refractivity contribution in [3.63, 3.8) is 0 Å². The fourth-order valence-electron chi connectivity index (χ4n) is 5.48. The Bertz CT molecular complexity index is 1790. The predicted octanol–water partition coefficient (Wildman–Crippen LogP) is 3.59. The molecule has 1 heterocycles. The fourth-order valence-corrected chi connectivity index (χ4v) is 5.48. The zero-order valence-electron chi connectivity index (χ0n) is 30.2. The second-order valence-corrected chi connectivity index (χ2v) is 12.0. The number of hydrogen-bond donors (Lipinski definition) is 6. The largest absolute Gasteiger partial charge is 0.493 e. The smallest absolute Gasteiger partial charge is 0.363 e. The van der Waals surface area contributed by atoms with E-state index in [0.29, 0.717) is 30.5 Å². The van der Waals surface area contributed by atoms with E-state index < -0.39 is 60.1 Å². The zero-order chi connectivity index (χ0) is 39.8. The van der Waals surface area contributed by atoms with Gasteiger partial charge in [-0.25, -0.2) is 9.59 Å². The Hall–Kier alpha value is -6.39. The van der Waals surface area contributed by atoms with Crippen LogP contribution in [-0.2, 0) is 24.0 Å². The van der Waals surface area contributed by atoms with E-state index in [0.717, 1.165) is 17.9 Å². The van der Waals surface area contributed by atoms with Crippen molar-refractivity contribution < 1.29 is 57.8 Å². The second kappa shape index (κ2) is 20.6. The quantitative estimate of drug-likeness (QED) is 0.0282. The fraction of sp³-hybridized carbons (Fsp3) is 0.378. The van der Waals surface area contributed by atoms with Crippen molar-refractivity contribution in [3.8, 4) is 17.1 Å². The first-order valence-electron chi connectivity index (χ1n) is 17.3. The number of nitrogens with two attached hydrogens (primary N) is 1. The molecular formula is C37H45N5O12. The molecule has 3 atom stereocenters. The van der Waals surface area contributed by atoms with Crippen LogP contribution >= 0.6 is 0 Å². The van der Waals surface area contributed by atoms with Gasteiger partial charge in [0.15, 0.2) is 5.76 Å². The molecule has 1 aromatic heterocycles. The van der Waals surface area contributed by atoms with Crippen LogP contribution in [0.25, 0.3) is 11.3 Å². The average molecular weight is 752 g/mol. The maximum absolute atomic E-state index is 13.5. The van der Waals surface area contributed by atoms with Crippen molar-refractivity contribution in [2.75, 3.05) is 19.0 Å². The molecule has 0 saturated carbocycles. The van der Waals surface area contributed by atoms with Crippen LogP contribution in [0.3, 0.4) is 0 Å². The summed E-state index contributed by atoms with van der Waals surface area (Å²) in [6.45, 7) is 5.27. The molecule has 7 N–H and O–H groups in total. The van der Waals surface area contributed by atoms with Crippen LogP contribution in [0.2, 0.25) is 0 Å². The first kappa shape index (κ1) is 42.0. The van der Waals surface area contributed by atoms with Gasteiger partial charge in [0, 0.05) is 11.3 Å². The number of nitrogens with one attached hydrogen (secondary N) is 3. The van der Waals surface area contributed by atoms with E-state index in [-0.39, 0.29) is 48.1 Å². The standard InChI is InChI=1S/C37H45N5O12/c1-4-7-8-9-25(28(5-2)42(21-43)54-37(51)22-10-13-24(38)14-11-22)33(46)39-20-40-35(48)30-17-16-29(53-30)23-12-15-26(31(18-23)52-6-3)34(47)41-27(36(49)50)19-32(44)45/h10-18,21,25,27-28H,4-9,19-20,38H2,1-3H3,(H,39,46)(H,40,48)(H,41,47)(H,44,45)(H,49,50)/t25-,27+,28-/m1/s1. The van der Waals surface area contributed by atoms with E-state index in [1.807, 2.05) is 6.92 Å². The molecule has 0 saturated heterocycles. The first-order chi connectivity index (χ1) is 25.8. The molecular weight excluding hydrogens is 706 g/mol. The van der Waals surface area contributed by atoms with Crippen LogP contribution in [0.15, 0.2) is 59.0 Å². The number of aliphatic carboxylic acids is 2. The van der Waals surface area contributed by atoms with E-state index in [2.05, 4.69) is 16.0 Å². The van der Waals surface area contributed by atoms with Crippen molar-refractivity contribution in [2.45, 2.75) is 71.4 Å². The van der Waals surface area contributed by atoms with Gasteiger partial charge in [0.05, 0.1) is 42.8 Å². The molecule has 54 heavy (non-hydrogen) atoms. The van der Waals surface area contributed by atoms with E-state index in [1.165, 1.54) is 54.6 Å². The van der Waals surface area contributed by atoms with Gasteiger partial charge in [-0.15, -0.1) is 0 Å². The van der Waals surface area contributed by atoms with Gasteiger partial charge in [0.25, 0.3) is 11.8 Å². The minimum Gasteiger partial charge on any atom is -0.493 e. The molecule has 0 fully saturated rings. The molecule has 0 aliphatic heterocycles. The number of carbonyl (C=O) groups excluding carboxylic acids is 5. The number of amides is 4. The molecule has 0 aliphatic rings. The summed E-state index contributed by atoms with van der Waals surface area (Å²) in [4.78, 5) is 92.0. The van der Waals surface area contributed by atoms with Crippen molar-refractivity contribution >= 4 is 47.7 Å². The molecule has 290 valence electrons. The lowest BCUT2D eigenvalue weighted by atomic mass is 9.90. The highest BCUT2D eigenvalue weighted by Crippen LogP contribution is 2.29. The summed E-state index contributed by atoms with van der Waals surface area (Å²) in [6.07, 6.45) is 2.55.